The summed E-state index contributed by atoms with van der Waals surface area (Å²) >= 11 is 6.06. The SMILES string of the molecule is CN(CCO)C1(CNc2ncnc3cc(Cl)ccc23)CCCCC1. The van der Waals surface area contributed by atoms with Gasteiger partial charge in [-0.25, -0.2) is 9.97 Å². The Balaban J connectivity index is 1.82. The maximum atomic E-state index is 9.34. The first-order valence-electron chi connectivity index (χ1n) is 8.61. The Bertz CT molecular complexity index is 688. The normalized spacial score (nSPS) is 17.3. The Kier molecular flexibility index (Phi) is 5.54. The molecule has 0 saturated heterocycles. The number of aromatic nitrogens is 2. The van der Waals surface area contributed by atoms with E-state index in [1.807, 2.05) is 18.2 Å². The molecule has 1 aromatic heterocycles. The number of benzene rings is 1. The second-order valence-corrected chi connectivity index (χ2v) is 7.10. The van der Waals surface area contributed by atoms with Gasteiger partial charge in [-0.2, -0.15) is 0 Å². The maximum Gasteiger partial charge on any atom is 0.137 e. The smallest absolute Gasteiger partial charge is 0.137 e. The maximum absolute atomic E-state index is 9.34. The monoisotopic (exact) mass is 348 g/mol. The molecule has 130 valence electrons. The van der Waals surface area contributed by atoms with Crippen molar-refractivity contribution in [2.24, 2.45) is 0 Å². The summed E-state index contributed by atoms with van der Waals surface area (Å²) in [4.78, 5) is 11.0. The quantitative estimate of drug-likeness (QED) is 0.838. The predicted octanol–water partition coefficient (Wildman–Crippen LogP) is 3.32. The second-order valence-electron chi connectivity index (χ2n) is 6.67. The number of hydrogen-bond acceptors (Lipinski definition) is 5. The zero-order chi connectivity index (χ0) is 17.0. The van der Waals surface area contributed by atoms with E-state index in [0.717, 1.165) is 36.1 Å². The van der Waals surface area contributed by atoms with Crippen molar-refractivity contribution in [3.63, 3.8) is 0 Å². The number of aliphatic hydroxyl groups excluding tert-OH is 1. The van der Waals surface area contributed by atoms with Crippen LogP contribution in [0.5, 0.6) is 0 Å². The van der Waals surface area contributed by atoms with Gasteiger partial charge in [0, 0.05) is 29.0 Å². The molecular weight excluding hydrogens is 324 g/mol. The highest BCUT2D eigenvalue weighted by Gasteiger charge is 2.35. The fourth-order valence-corrected chi connectivity index (χ4v) is 3.88. The van der Waals surface area contributed by atoms with Crippen LogP contribution >= 0.6 is 11.6 Å². The summed E-state index contributed by atoms with van der Waals surface area (Å²) in [5.41, 5.74) is 0.923. The third-order valence-electron chi connectivity index (χ3n) is 5.21. The van der Waals surface area contributed by atoms with Crippen molar-refractivity contribution in [3.05, 3.63) is 29.5 Å². The first kappa shape index (κ1) is 17.4. The highest BCUT2D eigenvalue weighted by atomic mass is 35.5. The number of halogens is 1. The van der Waals surface area contributed by atoms with Crippen molar-refractivity contribution in [3.8, 4) is 0 Å². The molecule has 24 heavy (non-hydrogen) atoms. The Morgan fingerprint density at radius 3 is 2.79 bits per heavy atom. The summed E-state index contributed by atoms with van der Waals surface area (Å²) in [7, 11) is 2.11. The number of anilines is 1. The van der Waals surface area contributed by atoms with E-state index in [0.29, 0.717) is 11.6 Å². The van der Waals surface area contributed by atoms with E-state index in [1.54, 1.807) is 6.33 Å². The zero-order valence-corrected chi connectivity index (χ0v) is 14.9. The van der Waals surface area contributed by atoms with Gasteiger partial charge in [0.2, 0.25) is 0 Å². The van der Waals surface area contributed by atoms with E-state index < -0.39 is 0 Å². The number of hydrogen-bond donors (Lipinski definition) is 2. The standard InChI is InChI=1S/C18H25ClN4O/c1-23(9-10-24)18(7-3-2-4-8-18)12-20-17-15-6-5-14(19)11-16(15)21-13-22-17/h5-6,11,13,24H,2-4,7-10,12H2,1H3,(H,20,21,22). The van der Waals surface area contributed by atoms with E-state index in [4.69, 9.17) is 11.6 Å². The number of rotatable bonds is 6. The average molecular weight is 349 g/mol. The van der Waals surface area contributed by atoms with Gasteiger partial charge in [-0.3, -0.25) is 4.90 Å². The van der Waals surface area contributed by atoms with E-state index in [1.165, 1.54) is 19.3 Å². The lowest BCUT2D eigenvalue weighted by molar-refractivity contribution is 0.0690. The van der Waals surface area contributed by atoms with E-state index in [-0.39, 0.29) is 12.1 Å². The van der Waals surface area contributed by atoms with Gasteiger partial charge in [0.25, 0.3) is 0 Å². The molecule has 0 atom stereocenters. The molecule has 1 aliphatic rings. The number of β-amino-alcohol motifs (C(OH)–C–C–N with tert-alkyl or cyclic N) is 1. The summed E-state index contributed by atoms with van der Waals surface area (Å²) in [6.07, 6.45) is 7.63. The molecule has 0 aliphatic heterocycles. The lowest BCUT2D eigenvalue weighted by Crippen LogP contribution is -2.53. The Morgan fingerprint density at radius 2 is 2.04 bits per heavy atom. The van der Waals surface area contributed by atoms with Gasteiger partial charge < -0.3 is 10.4 Å². The second kappa shape index (κ2) is 7.64. The lowest BCUT2D eigenvalue weighted by atomic mass is 9.80. The molecule has 1 saturated carbocycles. The van der Waals surface area contributed by atoms with Gasteiger partial charge in [0.15, 0.2) is 0 Å². The minimum Gasteiger partial charge on any atom is -0.395 e. The Labute approximate surface area is 148 Å². The van der Waals surface area contributed by atoms with E-state index in [9.17, 15) is 5.11 Å². The number of likely N-dealkylation sites (N-methyl/N-ethyl adjacent to an activating group) is 1. The number of fused-ring (bicyclic) bond motifs is 1. The Hall–Kier alpha value is -1.43. The van der Waals surface area contributed by atoms with Crippen molar-refractivity contribution in [1.29, 1.82) is 0 Å². The van der Waals surface area contributed by atoms with Crippen LogP contribution in [0, 0.1) is 0 Å². The molecule has 0 radical (unpaired) electrons. The van der Waals surface area contributed by atoms with Crippen LogP contribution in [-0.4, -0.2) is 52.3 Å². The van der Waals surface area contributed by atoms with Gasteiger partial charge in [0.05, 0.1) is 12.1 Å². The lowest BCUT2D eigenvalue weighted by Gasteiger charge is -2.45. The van der Waals surface area contributed by atoms with Gasteiger partial charge in [0.1, 0.15) is 12.1 Å². The fraction of sp³-hybridized carbons (Fsp3) is 0.556. The van der Waals surface area contributed by atoms with Gasteiger partial charge in [-0.1, -0.05) is 30.9 Å². The molecule has 1 aromatic carbocycles. The van der Waals surface area contributed by atoms with Crippen LogP contribution in [0.25, 0.3) is 10.9 Å². The van der Waals surface area contributed by atoms with Gasteiger partial charge in [-0.15, -0.1) is 0 Å². The topological polar surface area (TPSA) is 61.3 Å². The minimum atomic E-state index is 0.0741. The predicted molar refractivity (Wildman–Crippen MR) is 98.6 cm³/mol. The van der Waals surface area contributed by atoms with Crippen molar-refractivity contribution in [1.82, 2.24) is 14.9 Å². The van der Waals surface area contributed by atoms with Crippen molar-refractivity contribution in [2.45, 2.75) is 37.6 Å². The van der Waals surface area contributed by atoms with Gasteiger partial charge >= 0.3 is 0 Å². The third-order valence-corrected chi connectivity index (χ3v) is 5.45. The number of nitrogens with zero attached hydrogens (tertiary/aromatic N) is 3. The largest absolute Gasteiger partial charge is 0.395 e. The molecule has 0 spiro atoms. The molecule has 0 unspecified atom stereocenters. The molecule has 3 rings (SSSR count). The van der Waals surface area contributed by atoms with Gasteiger partial charge in [-0.05, 0) is 38.1 Å². The van der Waals surface area contributed by atoms with Crippen LogP contribution in [0.2, 0.25) is 5.02 Å². The average Bonchev–Trinajstić information content (AvgIpc) is 2.60. The van der Waals surface area contributed by atoms with E-state index >= 15 is 0 Å². The summed E-state index contributed by atoms with van der Waals surface area (Å²) in [6.45, 7) is 1.70. The van der Waals surface area contributed by atoms with Crippen LogP contribution in [-0.2, 0) is 0 Å². The first-order chi connectivity index (χ1) is 11.6. The van der Waals surface area contributed by atoms with Crippen LogP contribution < -0.4 is 5.32 Å². The number of aliphatic hydroxyl groups is 1. The molecule has 1 aliphatic carbocycles. The van der Waals surface area contributed by atoms with Crippen LogP contribution in [0.4, 0.5) is 5.82 Å². The molecule has 0 bridgehead atoms. The van der Waals surface area contributed by atoms with Crippen molar-refractivity contribution in [2.75, 3.05) is 32.1 Å². The molecule has 2 N–H and O–H groups in total. The summed E-state index contributed by atoms with van der Waals surface area (Å²) in [5, 5.41) is 14.5. The molecule has 0 amide bonds. The van der Waals surface area contributed by atoms with Crippen LogP contribution in [0.15, 0.2) is 24.5 Å². The molecule has 1 heterocycles. The van der Waals surface area contributed by atoms with E-state index in [2.05, 4.69) is 27.2 Å². The van der Waals surface area contributed by atoms with Crippen molar-refractivity contribution < 1.29 is 5.11 Å². The summed E-state index contributed by atoms with van der Waals surface area (Å²) < 4.78 is 0. The third kappa shape index (κ3) is 3.63. The van der Waals surface area contributed by atoms with Crippen LogP contribution in [0.1, 0.15) is 32.1 Å². The molecule has 2 aromatic rings. The Morgan fingerprint density at radius 1 is 1.25 bits per heavy atom. The highest BCUT2D eigenvalue weighted by Crippen LogP contribution is 2.33. The molecular formula is C18H25ClN4O. The zero-order valence-electron chi connectivity index (χ0n) is 14.1. The number of nitrogens with one attached hydrogen (secondary N) is 1. The van der Waals surface area contributed by atoms with Crippen molar-refractivity contribution >= 4 is 28.3 Å². The first-order valence-corrected chi connectivity index (χ1v) is 8.99. The minimum absolute atomic E-state index is 0.0741. The highest BCUT2D eigenvalue weighted by molar-refractivity contribution is 6.31. The summed E-state index contributed by atoms with van der Waals surface area (Å²) in [5.74, 6) is 0.846. The summed E-state index contributed by atoms with van der Waals surface area (Å²) in [6, 6.07) is 5.69. The molecule has 1 fully saturated rings. The van der Waals surface area contributed by atoms with Crippen LogP contribution in [0.3, 0.4) is 0 Å². The molecule has 5 nitrogen and oxygen atoms in total. The fourth-order valence-electron chi connectivity index (χ4n) is 3.71. The molecule has 6 heteroatoms.